The minimum Gasteiger partial charge on any atom is -0.483 e. The van der Waals surface area contributed by atoms with Crippen molar-refractivity contribution in [2.24, 2.45) is 5.10 Å². The summed E-state index contributed by atoms with van der Waals surface area (Å²) in [5.74, 6) is -0.368. The van der Waals surface area contributed by atoms with Gasteiger partial charge >= 0.3 is 0 Å². The van der Waals surface area contributed by atoms with Gasteiger partial charge in [0.1, 0.15) is 5.75 Å². The van der Waals surface area contributed by atoms with Gasteiger partial charge in [-0.25, -0.2) is 10.4 Å². The van der Waals surface area contributed by atoms with Crippen LogP contribution in [-0.2, 0) is 4.79 Å². The Hall–Kier alpha value is -4.22. The van der Waals surface area contributed by atoms with Gasteiger partial charge in [0.25, 0.3) is 11.8 Å². The Balaban J connectivity index is 1.16. The molecule has 12 heteroatoms. The zero-order valence-electron chi connectivity index (χ0n) is 23.1. The fraction of sp³-hybridized carbons (Fsp3) is 0.0625. The molecule has 222 valence electrons. The summed E-state index contributed by atoms with van der Waals surface area (Å²) in [5, 5.41) is 13.6. The number of carbonyl (C=O) groups excluding carboxylic acids is 2. The molecule has 1 heterocycles. The van der Waals surface area contributed by atoms with E-state index in [1.54, 1.807) is 48.5 Å². The van der Waals surface area contributed by atoms with Crippen LogP contribution in [0.3, 0.4) is 0 Å². The molecule has 1 aromatic heterocycles. The molecule has 0 fully saturated rings. The number of nitrogens with one attached hydrogen (secondary N) is 3. The number of amides is 2. The third kappa shape index (κ3) is 8.45. The lowest BCUT2D eigenvalue weighted by molar-refractivity contribution is -0.118. The molecule has 0 saturated heterocycles. The van der Waals surface area contributed by atoms with Crippen molar-refractivity contribution in [2.75, 3.05) is 17.2 Å². The van der Waals surface area contributed by atoms with Crippen LogP contribution in [0.4, 0.5) is 16.5 Å². The molecule has 0 spiro atoms. The maximum Gasteiger partial charge on any atom is 0.271 e. The van der Waals surface area contributed by atoms with Gasteiger partial charge in [-0.1, -0.05) is 69.0 Å². The Kier molecular flexibility index (Phi) is 10.3. The fourth-order valence-electron chi connectivity index (χ4n) is 3.91. The predicted molar refractivity (Wildman–Crippen MR) is 182 cm³/mol. The highest BCUT2D eigenvalue weighted by Crippen LogP contribution is 2.28. The second-order valence-electron chi connectivity index (χ2n) is 9.45. The number of nitrogens with zero attached hydrogens (tertiary/aromatic N) is 2. The van der Waals surface area contributed by atoms with E-state index in [9.17, 15) is 9.59 Å². The maximum atomic E-state index is 12.7. The standard InChI is InChI=1S/C32H24BrCl2N5O3S/c1-19-2-9-24(10-3-19)38-32-39-28(18-44-32)20-4-6-21(7-5-20)31(42)40-36-16-22-14-23(33)8-13-29(22)43-17-30(41)37-25-11-12-26(34)27(35)15-25/h2-16,18H,17H2,1H3,(H,37,41)(H,38,39)(H,40,42)/b36-16+. The van der Waals surface area contributed by atoms with Crippen molar-refractivity contribution in [3.63, 3.8) is 0 Å². The van der Waals surface area contributed by atoms with Crippen LogP contribution in [0.15, 0.2) is 99.9 Å². The number of aromatic nitrogens is 1. The molecule has 5 aromatic rings. The summed E-state index contributed by atoms with van der Waals surface area (Å²) in [6.07, 6.45) is 1.45. The summed E-state index contributed by atoms with van der Waals surface area (Å²) in [7, 11) is 0. The van der Waals surface area contributed by atoms with Crippen molar-refractivity contribution in [1.82, 2.24) is 10.4 Å². The van der Waals surface area contributed by atoms with Gasteiger partial charge in [-0.15, -0.1) is 11.3 Å². The van der Waals surface area contributed by atoms with E-state index in [0.29, 0.717) is 32.6 Å². The van der Waals surface area contributed by atoms with Gasteiger partial charge in [-0.3, -0.25) is 9.59 Å². The van der Waals surface area contributed by atoms with Crippen molar-refractivity contribution in [3.8, 4) is 17.0 Å². The highest BCUT2D eigenvalue weighted by atomic mass is 79.9. The first-order chi connectivity index (χ1) is 21.2. The highest BCUT2D eigenvalue weighted by molar-refractivity contribution is 9.10. The van der Waals surface area contributed by atoms with Gasteiger partial charge in [0.15, 0.2) is 11.7 Å². The van der Waals surface area contributed by atoms with Crippen LogP contribution in [0.1, 0.15) is 21.5 Å². The SMILES string of the molecule is Cc1ccc(Nc2nc(-c3ccc(C(=O)N/N=C/c4cc(Br)ccc4OCC(=O)Nc4ccc(Cl)c(Cl)c4)cc3)cs2)cc1. The quantitative estimate of drug-likeness (QED) is 0.0995. The Labute approximate surface area is 276 Å². The van der Waals surface area contributed by atoms with E-state index in [2.05, 4.69) is 42.1 Å². The third-order valence-electron chi connectivity index (χ3n) is 6.15. The van der Waals surface area contributed by atoms with Gasteiger partial charge in [-0.2, -0.15) is 5.10 Å². The number of hydrogen-bond donors (Lipinski definition) is 3. The Morgan fingerprint density at radius 3 is 2.45 bits per heavy atom. The number of hydrazone groups is 1. The number of ether oxygens (including phenoxy) is 1. The number of aryl methyl sites for hydroxylation is 1. The molecule has 0 unspecified atom stereocenters. The topological polar surface area (TPSA) is 105 Å². The van der Waals surface area contributed by atoms with E-state index >= 15 is 0 Å². The number of hydrogen-bond acceptors (Lipinski definition) is 7. The van der Waals surface area contributed by atoms with Crippen molar-refractivity contribution in [1.29, 1.82) is 0 Å². The first kappa shape index (κ1) is 31.2. The van der Waals surface area contributed by atoms with E-state index in [0.717, 1.165) is 26.5 Å². The number of benzene rings is 4. The lowest BCUT2D eigenvalue weighted by Gasteiger charge is -2.10. The van der Waals surface area contributed by atoms with Gasteiger partial charge in [0.2, 0.25) is 0 Å². The van der Waals surface area contributed by atoms with Crippen LogP contribution >= 0.6 is 50.5 Å². The molecule has 0 aliphatic heterocycles. The van der Waals surface area contributed by atoms with Crippen molar-refractivity contribution >= 4 is 85.0 Å². The summed E-state index contributed by atoms with van der Waals surface area (Å²) in [5.41, 5.74) is 7.86. The molecule has 0 saturated carbocycles. The minimum atomic E-state index is -0.387. The molecule has 2 amide bonds. The highest BCUT2D eigenvalue weighted by Gasteiger charge is 2.11. The van der Waals surface area contributed by atoms with E-state index in [-0.39, 0.29) is 18.4 Å². The van der Waals surface area contributed by atoms with Crippen molar-refractivity contribution < 1.29 is 14.3 Å². The van der Waals surface area contributed by atoms with Crippen LogP contribution in [0.5, 0.6) is 5.75 Å². The zero-order chi connectivity index (χ0) is 31.1. The molecule has 0 radical (unpaired) electrons. The number of rotatable bonds is 10. The van der Waals surface area contributed by atoms with Crippen LogP contribution in [0.2, 0.25) is 10.0 Å². The summed E-state index contributed by atoms with van der Waals surface area (Å²) >= 11 is 16.9. The Bertz CT molecular complexity index is 1830. The largest absolute Gasteiger partial charge is 0.483 e. The minimum absolute atomic E-state index is 0.260. The monoisotopic (exact) mass is 707 g/mol. The molecule has 0 atom stereocenters. The lowest BCUT2D eigenvalue weighted by atomic mass is 10.1. The normalized spacial score (nSPS) is 10.9. The molecule has 0 bridgehead atoms. The number of carbonyl (C=O) groups is 2. The molecule has 3 N–H and O–H groups in total. The van der Waals surface area contributed by atoms with Gasteiger partial charge in [0, 0.05) is 37.9 Å². The molecular weight excluding hydrogens is 685 g/mol. The summed E-state index contributed by atoms with van der Waals surface area (Å²) in [6, 6.07) is 25.2. The predicted octanol–water partition coefficient (Wildman–Crippen LogP) is 8.71. The smallest absolute Gasteiger partial charge is 0.271 e. The van der Waals surface area contributed by atoms with Crippen LogP contribution < -0.4 is 20.8 Å². The van der Waals surface area contributed by atoms with Crippen LogP contribution in [0.25, 0.3) is 11.3 Å². The number of halogens is 3. The second-order valence-corrected chi connectivity index (χ2v) is 12.0. The van der Waals surface area contributed by atoms with Gasteiger partial charge in [-0.05, 0) is 67.6 Å². The summed E-state index contributed by atoms with van der Waals surface area (Å²) in [4.78, 5) is 29.8. The van der Waals surface area contributed by atoms with E-state index in [1.165, 1.54) is 23.1 Å². The average Bonchev–Trinajstić information content (AvgIpc) is 3.48. The molecule has 0 aliphatic rings. The lowest BCUT2D eigenvalue weighted by Crippen LogP contribution is -2.20. The van der Waals surface area contributed by atoms with Crippen LogP contribution in [0, 0.1) is 6.92 Å². The molecular formula is C32H24BrCl2N5O3S. The molecule has 44 heavy (non-hydrogen) atoms. The number of thiazole rings is 1. The van der Waals surface area contributed by atoms with Gasteiger partial charge in [0.05, 0.1) is 22.0 Å². The summed E-state index contributed by atoms with van der Waals surface area (Å²) < 4.78 is 6.48. The van der Waals surface area contributed by atoms with E-state index in [4.69, 9.17) is 27.9 Å². The maximum absolute atomic E-state index is 12.7. The van der Waals surface area contributed by atoms with E-state index in [1.807, 2.05) is 48.7 Å². The second kappa shape index (κ2) is 14.5. The number of anilines is 3. The van der Waals surface area contributed by atoms with Crippen molar-refractivity contribution in [2.45, 2.75) is 6.92 Å². The molecule has 0 aliphatic carbocycles. The first-order valence-corrected chi connectivity index (χ1v) is 15.6. The average molecular weight is 709 g/mol. The summed E-state index contributed by atoms with van der Waals surface area (Å²) in [6.45, 7) is 1.78. The molecule has 4 aromatic carbocycles. The van der Waals surface area contributed by atoms with Gasteiger partial charge < -0.3 is 15.4 Å². The van der Waals surface area contributed by atoms with E-state index < -0.39 is 0 Å². The fourth-order valence-corrected chi connectivity index (χ4v) is 5.32. The Morgan fingerprint density at radius 1 is 0.955 bits per heavy atom. The third-order valence-corrected chi connectivity index (χ3v) is 8.14. The van der Waals surface area contributed by atoms with Crippen molar-refractivity contribution in [3.05, 3.63) is 122 Å². The van der Waals surface area contributed by atoms with Crippen LogP contribution in [-0.4, -0.2) is 29.6 Å². The molecule has 8 nitrogen and oxygen atoms in total. The first-order valence-electron chi connectivity index (χ1n) is 13.1. The molecule has 5 rings (SSSR count). The Morgan fingerprint density at radius 2 is 1.70 bits per heavy atom. The zero-order valence-corrected chi connectivity index (χ0v) is 27.0.